The number of esters is 1. The van der Waals surface area contributed by atoms with Crippen LogP contribution in [0.2, 0.25) is 5.02 Å². The Balaban J connectivity index is 1.70. The van der Waals surface area contributed by atoms with Gasteiger partial charge in [-0.25, -0.2) is 18.6 Å². The van der Waals surface area contributed by atoms with E-state index in [4.69, 9.17) is 21.1 Å². The molecule has 0 bridgehead atoms. The van der Waals surface area contributed by atoms with Gasteiger partial charge in [0, 0.05) is 22.2 Å². The normalized spacial score (nSPS) is 13.4. The largest absolute Gasteiger partial charge is 0.488 e. The Kier molecular flexibility index (Phi) is 6.51. The molecule has 0 unspecified atom stereocenters. The molecule has 0 N–H and O–H groups in total. The highest BCUT2D eigenvalue weighted by Gasteiger charge is 2.23. The second-order valence-electron chi connectivity index (χ2n) is 7.38. The molecule has 1 heterocycles. The number of rotatable bonds is 6. The topological polar surface area (TPSA) is 48.4 Å². The third-order valence-electron chi connectivity index (χ3n) is 5.34. The van der Waals surface area contributed by atoms with Crippen molar-refractivity contribution in [1.82, 2.24) is 4.98 Å². The lowest BCUT2D eigenvalue weighted by Gasteiger charge is -2.15. The first-order chi connectivity index (χ1) is 15.5. The summed E-state index contributed by atoms with van der Waals surface area (Å²) in [6.45, 7) is -0.0561. The van der Waals surface area contributed by atoms with E-state index in [-0.39, 0.29) is 17.9 Å². The van der Waals surface area contributed by atoms with E-state index in [2.05, 4.69) is 4.98 Å². The number of methoxy groups -OCH3 is 1. The molecule has 0 saturated heterocycles. The maximum absolute atomic E-state index is 14.0. The Labute approximate surface area is 189 Å². The van der Waals surface area contributed by atoms with E-state index in [1.807, 2.05) is 12.1 Å². The van der Waals surface area contributed by atoms with E-state index in [0.29, 0.717) is 16.5 Å². The number of hydrogen-bond acceptors (Lipinski definition) is 4. The van der Waals surface area contributed by atoms with Crippen LogP contribution in [-0.4, -0.2) is 18.1 Å². The fourth-order valence-corrected chi connectivity index (χ4v) is 3.97. The van der Waals surface area contributed by atoms with E-state index < -0.39 is 17.6 Å². The molecule has 0 radical (unpaired) electrons. The van der Waals surface area contributed by atoms with Crippen molar-refractivity contribution in [1.29, 1.82) is 0 Å². The van der Waals surface area contributed by atoms with Gasteiger partial charge in [-0.3, -0.25) is 0 Å². The number of aromatic nitrogens is 1. The van der Waals surface area contributed by atoms with E-state index in [1.54, 1.807) is 24.3 Å². The van der Waals surface area contributed by atoms with Crippen molar-refractivity contribution >= 4 is 28.7 Å². The Hall–Kier alpha value is -3.25. The van der Waals surface area contributed by atoms with Gasteiger partial charge in [0.15, 0.2) is 0 Å². The van der Waals surface area contributed by atoms with E-state index >= 15 is 0 Å². The van der Waals surface area contributed by atoms with Crippen LogP contribution < -0.4 is 4.74 Å². The number of halogens is 3. The van der Waals surface area contributed by atoms with Crippen molar-refractivity contribution in [2.45, 2.75) is 25.9 Å². The third kappa shape index (κ3) is 4.65. The van der Waals surface area contributed by atoms with Crippen molar-refractivity contribution < 1.29 is 23.0 Å². The van der Waals surface area contributed by atoms with Gasteiger partial charge in [-0.1, -0.05) is 17.7 Å². The lowest BCUT2D eigenvalue weighted by atomic mass is 9.99. The number of nitrogens with zero attached hydrogens (tertiary/aromatic N) is 1. The molecule has 0 aliphatic heterocycles. The monoisotopic (exact) mass is 455 g/mol. The van der Waals surface area contributed by atoms with E-state index in [0.717, 1.165) is 42.0 Å². The number of benzene rings is 2. The molecule has 1 aliphatic rings. The van der Waals surface area contributed by atoms with Gasteiger partial charge in [0.2, 0.25) is 0 Å². The molecule has 0 fully saturated rings. The molecule has 164 valence electrons. The summed E-state index contributed by atoms with van der Waals surface area (Å²) in [5.74, 6) is -1.26. The molecule has 32 heavy (non-hydrogen) atoms. The van der Waals surface area contributed by atoms with Crippen molar-refractivity contribution in [2.24, 2.45) is 0 Å². The number of pyridine rings is 1. The van der Waals surface area contributed by atoms with E-state index in [9.17, 15) is 13.6 Å². The molecular weight excluding hydrogens is 436 g/mol. The van der Waals surface area contributed by atoms with Crippen LogP contribution in [0.15, 0.2) is 54.6 Å². The van der Waals surface area contributed by atoms with Crippen molar-refractivity contribution in [2.75, 3.05) is 7.11 Å². The minimum absolute atomic E-state index is 0.0561. The van der Waals surface area contributed by atoms with Gasteiger partial charge in [0.05, 0.1) is 12.8 Å². The number of allylic oxidation sites excluding steroid dienone is 2. The van der Waals surface area contributed by atoms with Crippen molar-refractivity contribution in [3.63, 3.8) is 0 Å². The summed E-state index contributed by atoms with van der Waals surface area (Å²) in [5, 5.41) is 0.537. The van der Waals surface area contributed by atoms with Crippen molar-refractivity contribution in [3.05, 3.63) is 93.8 Å². The average molecular weight is 456 g/mol. The van der Waals surface area contributed by atoms with Gasteiger partial charge in [-0.05, 0) is 72.9 Å². The summed E-state index contributed by atoms with van der Waals surface area (Å²) in [5.41, 5.74) is 3.97. The number of ether oxygens (including phenoxy) is 2. The van der Waals surface area contributed by atoms with Gasteiger partial charge in [-0.2, -0.15) is 0 Å². The zero-order valence-corrected chi connectivity index (χ0v) is 18.1. The van der Waals surface area contributed by atoms with Crippen LogP contribution in [0, 0.1) is 11.6 Å². The number of carbonyl (C=O) groups excluding carboxylic acids is 1. The Morgan fingerprint density at radius 3 is 2.66 bits per heavy atom. The lowest BCUT2D eigenvalue weighted by Crippen LogP contribution is -2.05. The fraction of sp³-hybridized carbons (Fsp3) is 0.200. The molecule has 1 aromatic heterocycles. The first-order valence-electron chi connectivity index (χ1n) is 10.1. The highest BCUT2D eigenvalue weighted by atomic mass is 35.5. The first-order valence-corrected chi connectivity index (χ1v) is 10.5. The van der Waals surface area contributed by atoms with Gasteiger partial charge in [-0.15, -0.1) is 0 Å². The summed E-state index contributed by atoms with van der Waals surface area (Å²) in [6.07, 6.45) is 2.47. The average Bonchev–Trinajstić information content (AvgIpc) is 3.28. The summed E-state index contributed by atoms with van der Waals surface area (Å²) < 4.78 is 37.9. The molecule has 4 rings (SSSR count). The summed E-state index contributed by atoms with van der Waals surface area (Å²) in [7, 11) is 1.32. The van der Waals surface area contributed by atoms with Crippen molar-refractivity contribution in [3.8, 4) is 5.75 Å². The Morgan fingerprint density at radius 2 is 1.88 bits per heavy atom. The van der Waals surface area contributed by atoms with E-state index in [1.165, 1.54) is 19.2 Å². The van der Waals surface area contributed by atoms with Gasteiger partial charge >= 0.3 is 5.97 Å². The molecular formula is C25H20ClF2NO3. The van der Waals surface area contributed by atoms with Gasteiger partial charge < -0.3 is 9.47 Å². The summed E-state index contributed by atoms with van der Waals surface area (Å²) in [6, 6.07) is 13.9. The number of hydrogen-bond donors (Lipinski definition) is 0. The van der Waals surface area contributed by atoms with Crippen LogP contribution in [-0.2, 0) is 11.3 Å². The van der Waals surface area contributed by atoms with Crippen LogP contribution >= 0.6 is 11.6 Å². The first kappa shape index (κ1) is 22.0. The minimum atomic E-state index is -0.662. The molecule has 0 atom stereocenters. The highest BCUT2D eigenvalue weighted by Crippen LogP contribution is 2.43. The number of carbonyl (C=O) groups is 1. The Morgan fingerprint density at radius 1 is 1.06 bits per heavy atom. The predicted molar refractivity (Wildman–Crippen MR) is 118 cm³/mol. The quantitative estimate of drug-likeness (QED) is 0.399. The molecule has 0 amide bonds. The molecule has 1 aliphatic carbocycles. The second-order valence-corrected chi connectivity index (χ2v) is 7.81. The molecule has 0 saturated carbocycles. The maximum Gasteiger partial charge on any atom is 0.356 e. The van der Waals surface area contributed by atoms with Crippen LogP contribution in [0.1, 0.15) is 46.6 Å². The second kappa shape index (κ2) is 9.49. The smallest absolute Gasteiger partial charge is 0.356 e. The van der Waals surface area contributed by atoms with Crippen LogP contribution in [0.5, 0.6) is 5.75 Å². The van der Waals surface area contributed by atoms with Crippen LogP contribution in [0.4, 0.5) is 8.78 Å². The van der Waals surface area contributed by atoms with Gasteiger partial charge in [0.1, 0.15) is 29.7 Å². The van der Waals surface area contributed by atoms with Gasteiger partial charge in [0.25, 0.3) is 0 Å². The van der Waals surface area contributed by atoms with Crippen LogP contribution in [0.3, 0.4) is 0 Å². The SMILES string of the molecule is COC(=O)c1cccc(C2=C(c3cc(Cl)ccc3OCc3ccc(F)cc3F)CCC2)n1. The third-order valence-corrected chi connectivity index (χ3v) is 5.57. The fourth-order valence-electron chi connectivity index (χ4n) is 3.80. The Bertz CT molecular complexity index is 1210. The minimum Gasteiger partial charge on any atom is -0.488 e. The zero-order valence-electron chi connectivity index (χ0n) is 17.3. The summed E-state index contributed by atoms with van der Waals surface area (Å²) >= 11 is 6.28. The molecule has 3 aromatic rings. The predicted octanol–water partition coefficient (Wildman–Crippen LogP) is 6.47. The van der Waals surface area contributed by atoms with Crippen LogP contribution in [0.25, 0.3) is 11.1 Å². The highest BCUT2D eigenvalue weighted by molar-refractivity contribution is 6.30. The maximum atomic E-state index is 14.0. The molecule has 0 spiro atoms. The standard InChI is InChI=1S/C25H20ClF2NO3/c1-31-25(30)23-7-3-6-22(29-23)19-5-2-4-18(19)20-12-16(26)9-11-24(20)32-14-15-8-10-17(27)13-21(15)28/h3,6-13H,2,4-5,14H2,1H3. The molecule has 2 aromatic carbocycles. The zero-order chi connectivity index (χ0) is 22.7. The molecule has 7 heteroatoms. The lowest BCUT2D eigenvalue weighted by molar-refractivity contribution is 0.0594. The molecule has 4 nitrogen and oxygen atoms in total. The summed E-state index contributed by atoms with van der Waals surface area (Å²) in [4.78, 5) is 16.4.